The zero-order chi connectivity index (χ0) is 11.7. The minimum absolute atomic E-state index is 0.233. The van der Waals surface area contributed by atoms with Gasteiger partial charge in [0.1, 0.15) is 5.69 Å². The van der Waals surface area contributed by atoms with Crippen LogP contribution in [-0.4, -0.2) is 39.5 Å². The second-order valence-electron chi connectivity index (χ2n) is 3.87. The van der Waals surface area contributed by atoms with Crippen molar-refractivity contribution in [3.05, 3.63) is 16.8 Å². The fourth-order valence-corrected chi connectivity index (χ4v) is 2.31. The van der Waals surface area contributed by atoms with Crippen LogP contribution in [0.3, 0.4) is 0 Å². The average Bonchev–Trinajstić information content (AvgIpc) is 3.00. The summed E-state index contributed by atoms with van der Waals surface area (Å²) in [4.78, 5) is 8.36. The summed E-state index contributed by atoms with van der Waals surface area (Å²) in [6, 6.07) is 0. The lowest BCUT2D eigenvalue weighted by molar-refractivity contribution is -0.0149. The first-order valence-electron chi connectivity index (χ1n) is 5.32. The van der Waals surface area contributed by atoms with Crippen LogP contribution in [0.15, 0.2) is 15.4 Å². The normalized spacial score (nSPS) is 25.0. The summed E-state index contributed by atoms with van der Waals surface area (Å²) in [5, 5.41) is 15.6. The number of thiazole rings is 1. The number of aliphatic hydroxyl groups is 1. The zero-order valence-corrected chi connectivity index (χ0v) is 9.76. The SMILES string of the molecule is OC1CCOCC1c1nc(-c2cscn2)no1. The lowest BCUT2D eigenvalue weighted by Gasteiger charge is -2.24. The Morgan fingerprint density at radius 2 is 2.41 bits per heavy atom. The van der Waals surface area contributed by atoms with E-state index in [9.17, 15) is 5.11 Å². The highest BCUT2D eigenvalue weighted by Crippen LogP contribution is 2.26. The third-order valence-electron chi connectivity index (χ3n) is 2.74. The molecule has 1 N–H and O–H groups in total. The van der Waals surface area contributed by atoms with E-state index >= 15 is 0 Å². The van der Waals surface area contributed by atoms with Crippen LogP contribution < -0.4 is 0 Å². The number of rotatable bonds is 2. The van der Waals surface area contributed by atoms with Gasteiger partial charge in [-0.25, -0.2) is 4.98 Å². The van der Waals surface area contributed by atoms with Crippen LogP contribution in [-0.2, 0) is 4.74 Å². The van der Waals surface area contributed by atoms with Crippen LogP contribution in [0.4, 0.5) is 0 Å². The maximum Gasteiger partial charge on any atom is 0.235 e. The first kappa shape index (κ1) is 10.8. The fraction of sp³-hybridized carbons (Fsp3) is 0.500. The molecule has 1 fully saturated rings. The number of aromatic nitrogens is 3. The van der Waals surface area contributed by atoms with Gasteiger partial charge in [-0.15, -0.1) is 11.3 Å². The van der Waals surface area contributed by atoms with E-state index in [2.05, 4.69) is 15.1 Å². The number of ether oxygens (including phenoxy) is 1. The molecule has 2 aromatic rings. The van der Waals surface area contributed by atoms with E-state index < -0.39 is 6.10 Å². The van der Waals surface area contributed by atoms with E-state index in [0.717, 1.165) is 0 Å². The molecule has 1 aliphatic heterocycles. The molecule has 90 valence electrons. The van der Waals surface area contributed by atoms with Crippen LogP contribution in [0.1, 0.15) is 18.2 Å². The van der Waals surface area contributed by atoms with Crippen LogP contribution in [0.5, 0.6) is 0 Å². The van der Waals surface area contributed by atoms with Crippen molar-refractivity contribution in [2.45, 2.75) is 18.4 Å². The van der Waals surface area contributed by atoms with Crippen molar-refractivity contribution in [1.29, 1.82) is 0 Å². The van der Waals surface area contributed by atoms with Gasteiger partial charge in [0.2, 0.25) is 11.7 Å². The largest absolute Gasteiger partial charge is 0.392 e. The maximum absolute atomic E-state index is 9.84. The summed E-state index contributed by atoms with van der Waals surface area (Å²) in [5.41, 5.74) is 2.40. The summed E-state index contributed by atoms with van der Waals surface area (Å²) in [6.07, 6.45) is 0.117. The molecular formula is C10H11N3O3S. The minimum Gasteiger partial charge on any atom is -0.392 e. The highest BCUT2D eigenvalue weighted by atomic mass is 32.1. The van der Waals surface area contributed by atoms with Crippen molar-refractivity contribution in [2.24, 2.45) is 0 Å². The van der Waals surface area contributed by atoms with Crippen molar-refractivity contribution >= 4 is 11.3 Å². The molecule has 2 aromatic heterocycles. The van der Waals surface area contributed by atoms with Gasteiger partial charge in [0.15, 0.2) is 0 Å². The van der Waals surface area contributed by atoms with Crippen molar-refractivity contribution < 1.29 is 14.4 Å². The van der Waals surface area contributed by atoms with Gasteiger partial charge in [0, 0.05) is 12.0 Å². The Morgan fingerprint density at radius 3 is 3.18 bits per heavy atom. The summed E-state index contributed by atoms with van der Waals surface area (Å²) in [7, 11) is 0. The molecule has 0 saturated carbocycles. The predicted octanol–water partition coefficient (Wildman–Crippen LogP) is 1.06. The number of hydrogen-bond donors (Lipinski definition) is 1. The second kappa shape index (κ2) is 4.52. The van der Waals surface area contributed by atoms with Gasteiger partial charge in [-0.3, -0.25) is 0 Å². The lowest BCUT2D eigenvalue weighted by Crippen LogP contribution is -2.30. The molecule has 1 aliphatic rings. The smallest absolute Gasteiger partial charge is 0.235 e. The van der Waals surface area contributed by atoms with Crippen molar-refractivity contribution in [3.8, 4) is 11.5 Å². The topological polar surface area (TPSA) is 81.3 Å². The lowest BCUT2D eigenvalue weighted by atomic mass is 9.99. The van der Waals surface area contributed by atoms with Gasteiger partial charge in [-0.05, 0) is 6.42 Å². The van der Waals surface area contributed by atoms with Crippen LogP contribution in [0.25, 0.3) is 11.5 Å². The monoisotopic (exact) mass is 253 g/mol. The third kappa shape index (κ3) is 2.08. The number of hydrogen-bond acceptors (Lipinski definition) is 7. The van der Waals surface area contributed by atoms with Gasteiger partial charge < -0.3 is 14.4 Å². The molecule has 0 bridgehead atoms. The fourth-order valence-electron chi connectivity index (χ4n) is 1.78. The Hall–Kier alpha value is -1.31. The quantitative estimate of drug-likeness (QED) is 0.861. The zero-order valence-electron chi connectivity index (χ0n) is 8.94. The Bertz CT molecular complexity index is 485. The Kier molecular flexibility index (Phi) is 2.87. The van der Waals surface area contributed by atoms with Gasteiger partial charge in [0.25, 0.3) is 0 Å². The van der Waals surface area contributed by atoms with Crippen molar-refractivity contribution in [1.82, 2.24) is 15.1 Å². The van der Waals surface area contributed by atoms with E-state index in [-0.39, 0.29) is 5.92 Å². The molecule has 1 saturated heterocycles. The van der Waals surface area contributed by atoms with Gasteiger partial charge in [0.05, 0.1) is 24.1 Å². The molecule has 17 heavy (non-hydrogen) atoms. The highest BCUT2D eigenvalue weighted by Gasteiger charge is 2.30. The standard InChI is InChI=1S/C10H11N3O3S/c14-8-1-2-15-3-6(8)10-12-9(13-16-10)7-4-17-5-11-7/h4-6,8,14H,1-3H2. The molecule has 0 radical (unpaired) electrons. The van der Waals surface area contributed by atoms with E-state index in [1.807, 2.05) is 5.38 Å². The first-order valence-corrected chi connectivity index (χ1v) is 6.27. The van der Waals surface area contributed by atoms with Gasteiger partial charge in [-0.2, -0.15) is 4.98 Å². The third-order valence-corrected chi connectivity index (χ3v) is 3.33. The highest BCUT2D eigenvalue weighted by molar-refractivity contribution is 7.07. The van der Waals surface area contributed by atoms with E-state index in [1.54, 1.807) is 5.51 Å². The Morgan fingerprint density at radius 1 is 1.47 bits per heavy atom. The minimum atomic E-state index is -0.479. The van der Waals surface area contributed by atoms with Gasteiger partial charge >= 0.3 is 0 Å². The molecule has 0 aromatic carbocycles. The molecule has 0 aliphatic carbocycles. The summed E-state index contributed by atoms with van der Waals surface area (Å²) < 4.78 is 10.5. The summed E-state index contributed by atoms with van der Waals surface area (Å²) in [5.74, 6) is 0.642. The molecule has 0 spiro atoms. The van der Waals surface area contributed by atoms with Gasteiger partial charge in [-0.1, -0.05) is 5.16 Å². The van der Waals surface area contributed by atoms with Crippen molar-refractivity contribution in [2.75, 3.05) is 13.2 Å². The van der Waals surface area contributed by atoms with Crippen LogP contribution >= 0.6 is 11.3 Å². The molecular weight excluding hydrogens is 242 g/mol. The number of aliphatic hydroxyl groups excluding tert-OH is 1. The van der Waals surface area contributed by atoms with E-state index in [4.69, 9.17) is 9.26 Å². The Balaban J connectivity index is 1.84. The summed E-state index contributed by atoms with van der Waals surface area (Å²) in [6.45, 7) is 0.991. The van der Waals surface area contributed by atoms with E-state index in [0.29, 0.717) is 37.0 Å². The molecule has 3 rings (SSSR count). The van der Waals surface area contributed by atoms with Crippen molar-refractivity contribution in [3.63, 3.8) is 0 Å². The first-order chi connectivity index (χ1) is 8.34. The molecule has 2 unspecified atom stereocenters. The molecule has 6 nitrogen and oxygen atoms in total. The van der Waals surface area contributed by atoms with Crippen LogP contribution in [0, 0.1) is 0 Å². The second-order valence-corrected chi connectivity index (χ2v) is 4.59. The Labute approximate surface area is 101 Å². The molecule has 7 heteroatoms. The maximum atomic E-state index is 9.84. The summed E-state index contributed by atoms with van der Waals surface area (Å²) >= 11 is 1.47. The number of nitrogens with zero attached hydrogens (tertiary/aromatic N) is 3. The average molecular weight is 253 g/mol. The molecule has 0 amide bonds. The predicted molar refractivity (Wildman–Crippen MR) is 59.6 cm³/mol. The molecule has 3 heterocycles. The van der Waals surface area contributed by atoms with E-state index in [1.165, 1.54) is 11.3 Å². The van der Waals surface area contributed by atoms with Crippen LogP contribution in [0.2, 0.25) is 0 Å². The molecule has 2 atom stereocenters.